The lowest BCUT2D eigenvalue weighted by atomic mass is 10.1. The molecule has 1 aliphatic rings. The number of hydrogen-bond donors (Lipinski definition) is 0. The molecule has 0 radical (unpaired) electrons. The Morgan fingerprint density at radius 3 is 2.65 bits per heavy atom. The third-order valence-electron chi connectivity index (χ3n) is 2.66. The van der Waals surface area contributed by atoms with Crippen LogP contribution in [-0.2, 0) is 0 Å². The molecule has 92 valence electrons. The molecular formula is C11H10F3NOS. The van der Waals surface area contributed by atoms with Gasteiger partial charge in [0.2, 0.25) is 0 Å². The molecule has 0 bridgehead atoms. The van der Waals surface area contributed by atoms with Crippen molar-refractivity contribution in [1.29, 1.82) is 0 Å². The predicted octanol–water partition coefficient (Wildman–Crippen LogP) is 3.26. The minimum atomic E-state index is -4.21. The molecule has 1 aromatic rings. The fourth-order valence-corrected chi connectivity index (χ4v) is 2.45. The van der Waals surface area contributed by atoms with Crippen LogP contribution in [-0.4, -0.2) is 25.6 Å². The van der Waals surface area contributed by atoms with Crippen molar-refractivity contribution in [1.82, 2.24) is 0 Å². The molecular weight excluding hydrogens is 251 g/mol. The van der Waals surface area contributed by atoms with Gasteiger partial charge in [-0.05, 0) is 12.5 Å². The molecule has 0 amide bonds. The summed E-state index contributed by atoms with van der Waals surface area (Å²) in [7, 11) is 0. The molecule has 0 spiro atoms. The van der Waals surface area contributed by atoms with Crippen molar-refractivity contribution in [3.8, 4) is 0 Å². The highest BCUT2D eigenvalue weighted by atomic mass is 32.1. The molecule has 2 nitrogen and oxygen atoms in total. The summed E-state index contributed by atoms with van der Waals surface area (Å²) >= 11 is 1.30. The van der Waals surface area contributed by atoms with Gasteiger partial charge in [0.15, 0.2) is 6.29 Å². The van der Waals surface area contributed by atoms with Gasteiger partial charge in [-0.3, -0.25) is 4.79 Å². The number of carbonyl (C=O) groups excluding carboxylic acids is 1. The SMILES string of the molecule is O=Cc1cc(N2CC=C(C(F)(F)F)CC2)cs1. The third-order valence-corrected chi connectivity index (χ3v) is 3.51. The molecule has 0 saturated carbocycles. The summed E-state index contributed by atoms with van der Waals surface area (Å²) in [5.41, 5.74) is 0.356. The molecule has 0 saturated heterocycles. The second-order valence-electron chi connectivity index (χ2n) is 3.75. The number of nitrogens with zero attached hydrogens (tertiary/aromatic N) is 1. The first kappa shape index (κ1) is 12.2. The van der Waals surface area contributed by atoms with Gasteiger partial charge in [-0.2, -0.15) is 13.2 Å². The first-order chi connectivity index (χ1) is 8.00. The largest absolute Gasteiger partial charge is 0.412 e. The molecule has 0 N–H and O–H groups in total. The van der Waals surface area contributed by atoms with E-state index >= 15 is 0 Å². The normalized spacial score (nSPS) is 16.9. The van der Waals surface area contributed by atoms with Crippen LogP contribution >= 0.6 is 11.3 Å². The van der Waals surface area contributed by atoms with Gasteiger partial charge < -0.3 is 4.90 Å². The van der Waals surface area contributed by atoms with Crippen LogP contribution < -0.4 is 4.90 Å². The first-order valence-electron chi connectivity index (χ1n) is 5.05. The minimum Gasteiger partial charge on any atom is -0.367 e. The number of rotatable bonds is 2. The lowest BCUT2D eigenvalue weighted by molar-refractivity contribution is -0.0943. The number of halogens is 3. The van der Waals surface area contributed by atoms with Crippen molar-refractivity contribution in [2.75, 3.05) is 18.0 Å². The van der Waals surface area contributed by atoms with E-state index in [4.69, 9.17) is 0 Å². The summed E-state index contributed by atoms with van der Waals surface area (Å²) in [6, 6.07) is 1.70. The number of aldehydes is 1. The van der Waals surface area contributed by atoms with Crippen LogP contribution in [0.15, 0.2) is 23.1 Å². The molecule has 0 aromatic carbocycles. The molecule has 1 aromatic heterocycles. The Bertz CT molecular complexity index is 450. The summed E-state index contributed by atoms with van der Waals surface area (Å²) in [5.74, 6) is 0. The van der Waals surface area contributed by atoms with Gasteiger partial charge >= 0.3 is 6.18 Å². The lowest BCUT2D eigenvalue weighted by Gasteiger charge is -2.28. The maximum absolute atomic E-state index is 12.4. The van der Waals surface area contributed by atoms with Crippen molar-refractivity contribution < 1.29 is 18.0 Å². The van der Waals surface area contributed by atoms with E-state index in [0.29, 0.717) is 11.4 Å². The average molecular weight is 261 g/mol. The van der Waals surface area contributed by atoms with Gasteiger partial charge in [0.1, 0.15) is 0 Å². The molecule has 17 heavy (non-hydrogen) atoms. The zero-order valence-corrected chi connectivity index (χ0v) is 9.64. The zero-order valence-electron chi connectivity index (χ0n) is 8.83. The fourth-order valence-electron chi connectivity index (χ4n) is 1.73. The molecule has 0 unspecified atom stereocenters. The summed E-state index contributed by atoms with van der Waals surface area (Å²) in [6.45, 7) is 0.574. The molecule has 2 rings (SSSR count). The number of hydrogen-bond acceptors (Lipinski definition) is 3. The van der Waals surface area contributed by atoms with Crippen LogP contribution in [0.25, 0.3) is 0 Å². The van der Waals surface area contributed by atoms with Crippen molar-refractivity contribution in [3.63, 3.8) is 0 Å². The van der Waals surface area contributed by atoms with E-state index in [1.165, 1.54) is 17.4 Å². The minimum absolute atomic E-state index is 0.00420. The van der Waals surface area contributed by atoms with Crippen LogP contribution in [0.3, 0.4) is 0 Å². The number of carbonyl (C=O) groups is 1. The highest BCUT2D eigenvalue weighted by molar-refractivity contribution is 7.12. The summed E-state index contributed by atoms with van der Waals surface area (Å²) in [4.78, 5) is 12.9. The van der Waals surface area contributed by atoms with Crippen molar-refractivity contribution in [3.05, 3.63) is 28.0 Å². The highest BCUT2D eigenvalue weighted by Gasteiger charge is 2.34. The van der Waals surface area contributed by atoms with Crippen molar-refractivity contribution >= 4 is 23.3 Å². The fraction of sp³-hybridized carbons (Fsp3) is 0.364. The Balaban J connectivity index is 2.08. The van der Waals surface area contributed by atoms with Crippen LogP contribution in [0.5, 0.6) is 0 Å². The monoisotopic (exact) mass is 261 g/mol. The van der Waals surface area contributed by atoms with E-state index < -0.39 is 11.7 Å². The van der Waals surface area contributed by atoms with Crippen molar-refractivity contribution in [2.45, 2.75) is 12.6 Å². The van der Waals surface area contributed by atoms with Crippen LogP contribution in [0.2, 0.25) is 0 Å². The molecule has 0 atom stereocenters. The standard InChI is InChI=1S/C11H10F3NOS/c12-11(13,14)8-1-3-15(4-2-8)9-5-10(6-16)17-7-9/h1,5-7H,2-4H2. The number of thiophene rings is 1. The van der Waals surface area contributed by atoms with E-state index in [-0.39, 0.29) is 13.0 Å². The Hall–Kier alpha value is -1.30. The van der Waals surface area contributed by atoms with E-state index in [9.17, 15) is 18.0 Å². The van der Waals surface area contributed by atoms with E-state index in [2.05, 4.69) is 0 Å². The van der Waals surface area contributed by atoms with Gasteiger partial charge in [-0.1, -0.05) is 6.08 Å². The molecule has 1 aliphatic heterocycles. The van der Waals surface area contributed by atoms with Gasteiger partial charge in [0, 0.05) is 29.7 Å². The summed E-state index contributed by atoms with van der Waals surface area (Å²) < 4.78 is 37.2. The average Bonchev–Trinajstić information content (AvgIpc) is 2.76. The van der Waals surface area contributed by atoms with Gasteiger partial charge in [0.05, 0.1) is 4.88 Å². The molecule has 0 aliphatic carbocycles. The Labute approximate surface area is 100 Å². The summed E-state index contributed by atoms with van der Waals surface area (Å²) in [5, 5.41) is 1.79. The summed E-state index contributed by atoms with van der Waals surface area (Å²) in [6.07, 6.45) is -2.26. The first-order valence-corrected chi connectivity index (χ1v) is 5.93. The highest BCUT2D eigenvalue weighted by Crippen LogP contribution is 2.32. The lowest BCUT2D eigenvalue weighted by Crippen LogP contribution is -2.31. The quantitative estimate of drug-likeness (QED) is 0.601. The van der Waals surface area contributed by atoms with Crippen LogP contribution in [0.4, 0.5) is 18.9 Å². The molecule has 0 fully saturated rings. The van der Waals surface area contributed by atoms with E-state index in [1.54, 1.807) is 11.4 Å². The van der Waals surface area contributed by atoms with Gasteiger partial charge in [-0.15, -0.1) is 11.3 Å². The third kappa shape index (κ3) is 2.69. The van der Waals surface area contributed by atoms with Crippen molar-refractivity contribution in [2.24, 2.45) is 0 Å². The second-order valence-corrected chi connectivity index (χ2v) is 4.69. The van der Waals surface area contributed by atoms with E-state index in [1.807, 2.05) is 4.90 Å². The molecule has 6 heteroatoms. The predicted molar refractivity (Wildman–Crippen MR) is 60.7 cm³/mol. The zero-order chi connectivity index (χ0) is 12.5. The maximum Gasteiger partial charge on any atom is 0.412 e. The topological polar surface area (TPSA) is 20.3 Å². The maximum atomic E-state index is 12.4. The smallest absolute Gasteiger partial charge is 0.367 e. The number of alkyl halides is 3. The Kier molecular flexibility index (Phi) is 3.24. The Morgan fingerprint density at radius 2 is 2.18 bits per heavy atom. The Morgan fingerprint density at radius 1 is 1.41 bits per heavy atom. The number of anilines is 1. The van der Waals surface area contributed by atoms with Crippen LogP contribution in [0.1, 0.15) is 16.1 Å². The second kappa shape index (κ2) is 4.52. The van der Waals surface area contributed by atoms with Gasteiger partial charge in [0.25, 0.3) is 0 Å². The van der Waals surface area contributed by atoms with Gasteiger partial charge in [-0.25, -0.2) is 0 Å². The van der Waals surface area contributed by atoms with E-state index in [0.717, 1.165) is 12.0 Å². The van der Waals surface area contributed by atoms with Crippen LogP contribution in [0, 0.1) is 0 Å². The molecule has 2 heterocycles.